The number of nitrogens with two attached hydrogens (primary N) is 1. The van der Waals surface area contributed by atoms with Crippen LogP contribution < -0.4 is 5.73 Å². The molecule has 2 aromatic rings. The zero-order chi connectivity index (χ0) is 12.6. The number of carboxylic acids is 1. The molecule has 0 saturated heterocycles. The topological polar surface area (TPSA) is 79.1 Å². The van der Waals surface area contributed by atoms with Gasteiger partial charge in [-0.2, -0.15) is 0 Å². The van der Waals surface area contributed by atoms with E-state index >= 15 is 0 Å². The van der Waals surface area contributed by atoms with Gasteiger partial charge in [0.1, 0.15) is 6.04 Å². The number of hydrogen-bond donors (Lipinski definition) is 3. The zero-order valence-electron chi connectivity index (χ0n) is 9.33. The Morgan fingerprint density at radius 3 is 2.94 bits per heavy atom. The maximum absolute atomic E-state index is 10.8. The van der Waals surface area contributed by atoms with E-state index in [1.807, 2.05) is 25.1 Å². The zero-order valence-corrected chi connectivity index (χ0v) is 10.9. The van der Waals surface area contributed by atoms with Crippen molar-refractivity contribution >= 4 is 32.8 Å². The van der Waals surface area contributed by atoms with Crippen LogP contribution >= 0.6 is 15.9 Å². The molecule has 0 bridgehead atoms. The first-order valence-electron chi connectivity index (χ1n) is 5.24. The Balaban J connectivity index is 2.48. The molecule has 4 nitrogen and oxygen atoms in total. The van der Waals surface area contributed by atoms with Crippen molar-refractivity contribution in [3.05, 3.63) is 33.9 Å². The van der Waals surface area contributed by atoms with E-state index in [9.17, 15) is 4.79 Å². The van der Waals surface area contributed by atoms with Gasteiger partial charge in [0, 0.05) is 17.3 Å². The highest BCUT2D eigenvalue weighted by Crippen LogP contribution is 2.28. The molecular formula is C12H13BrN2O2. The molecule has 17 heavy (non-hydrogen) atoms. The van der Waals surface area contributed by atoms with Crippen molar-refractivity contribution in [2.45, 2.75) is 19.4 Å². The third kappa shape index (κ3) is 2.35. The van der Waals surface area contributed by atoms with Gasteiger partial charge in [-0.3, -0.25) is 4.79 Å². The maximum Gasteiger partial charge on any atom is 0.320 e. The SMILES string of the molecule is Cc1ccc2[nH]c(Br)c(CC(N)C(=O)O)c2c1. The standard InChI is InChI=1S/C12H13BrN2O2/c1-6-2-3-10-7(4-6)8(11(13)15-10)5-9(14)12(16)17/h2-4,9,15H,5,14H2,1H3,(H,16,17). The van der Waals surface area contributed by atoms with Gasteiger partial charge in [0.25, 0.3) is 0 Å². The van der Waals surface area contributed by atoms with Crippen LogP contribution in [0.2, 0.25) is 0 Å². The molecule has 0 amide bonds. The largest absolute Gasteiger partial charge is 0.480 e. The molecule has 90 valence electrons. The summed E-state index contributed by atoms with van der Waals surface area (Å²) in [6.07, 6.45) is 0.305. The summed E-state index contributed by atoms with van der Waals surface area (Å²) in [5.41, 5.74) is 8.60. The number of nitrogens with one attached hydrogen (secondary N) is 1. The molecule has 0 aliphatic carbocycles. The summed E-state index contributed by atoms with van der Waals surface area (Å²) in [6, 6.07) is 5.13. The predicted octanol–water partition coefficient (Wildman–Crippen LogP) is 2.19. The number of carbonyl (C=O) groups is 1. The summed E-state index contributed by atoms with van der Waals surface area (Å²) >= 11 is 3.41. The number of benzene rings is 1. The lowest BCUT2D eigenvalue weighted by molar-refractivity contribution is -0.138. The fourth-order valence-electron chi connectivity index (χ4n) is 1.84. The lowest BCUT2D eigenvalue weighted by atomic mass is 10.0. The maximum atomic E-state index is 10.8. The number of aromatic nitrogens is 1. The molecule has 4 N–H and O–H groups in total. The fourth-order valence-corrected chi connectivity index (χ4v) is 2.42. The number of fused-ring (bicyclic) bond motifs is 1. The summed E-state index contributed by atoms with van der Waals surface area (Å²) in [6.45, 7) is 2.00. The van der Waals surface area contributed by atoms with Gasteiger partial charge >= 0.3 is 5.97 Å². The predicted molar refractivity (Wildman–Crippen MR) is 70.1 cm³/mol. The van der Waals surface area contributed by atoms with E-state index in [0.29, 0.717) is 6.42 Å². The van der Waals surface area contributed by atoms with Crippen molar-refractivity contribution in [2.24, 2.45) is 5.73 Å². The average molecular weight is 297 g/mol. The van der Waals surface area contributed by atoms with Crippen LogP contribution in [-0.2, 0) is 11.2 Å². The number of rotatable bonds is 3. The molecule has 0 aliphatic rings. The van der Waals surface area contributed by atoms with Gasteiger partial charge in [0.15, 0.2) is 0 Å². The van der Waals surface area contributed by atoms with Gasteiger partial charge in [-0.1, -0.05) is 11.6 Å². The molecular weight excluding hydrogens is 284 g/mol. The number of aromatic amines is 1. The average Bonchev–Trinajstić information content (AvgIpc) is 2.55. The van der Waals surface area contributed by atoms with Crippen molar-refractivity contribution in [3.8, 4) is 0 Å². The second kappa shape index (κ2) is 4.50. The van der Waals surface area contributed by atoms with Gasteiger partial charge in [-0.25, -0.2) is 0 Å². The number of halogens is 1. The van der Waals surface area contributed by atoms with Crippen LogP contribution in [0.25, 0.3) is 10.9 Å². The Bertz CT molecular complexity index is 577. The second-order valence-electron chi connectivity index (χ2n) is 4.12. The van der Waals surface area contributed by atoms with E-state index in [0.717, 1.165) is 26.6 Å². The normalized spacial score (nSPS) is 12.9. The van der Waals surface area contributed by atoms with Crippen LogP contribution in [0.5, 0.6) is 0 Å². The molecule has 5 heteroatoms. The molecule has 0 radical (unpaired) electrons. The van der Waals surface area contributed by atoms with Gasteiger partial charge in [0.2, 0.25) is 0 Å². The molecule has 0 fully saturated rings. The monoisotopic (exact) mass is 296 g/mol. The van der Waals surface area contributed by atoms with E-state index in [1.165, 1.54) is 0 Å². The highest BCUT2D eigenvalue weighted by Gasteiger charge is 2.17. The summed E-state index contributed by atoms with van der Waals surface area (Å²) in [7, 11) is 0. The van der Waals surface area contributed by atoms with E-state index in [4.69, 9.17) is 10.8 Å². The van der Waals surface area contributed by atoms with Crippen LogP contribution in [0.3, 0.4) is 0 Å². The van der Waals surface area contributed by atoms with Crippen LogP contribution in [0.15, 0.2) is 22.8 Å². The Kier molecular flexibility index (Phi) is 3.22. The van der Waals surface area contributed by atoms with E-state index in [-0.39, 0.29) is 0 Å². The molecule has 1 unspecified atom stereocenters. The van der Waals surface area contributed by atoms with E-state index in [1.54, 1.807) is 0 Å². The number of aliphatic carboxylic acids is 1. The first-order valence-corrected chi connectivity index (χ1v) is 6.03. The molecule has 0 spiro atoms. The van der Waals surface area contributed by atoms with Gasteiger partial charge in [-0.05, 0) is 40.5 Å². The van der Waals surface area contributed by atoms with Crippen LogP contribution in [-0.4, -0.2) is 22.1 Å². The fraction of sp³-hybridized carbons (Fsp3) is 0.250. The molecule has 1 aromatic carbocycles. The highest BCUT2D eigenvalue weighted by molar-refractivity contribution is 9.10. The molecule has 1 heterocycles. The second-order valence-corrected chi connectivity index (χ2v) is 4.91. The smallest absolute Gasteiger partial charge is 0.320 e. The first-order chi connectivity index (χ1) is 7.99. The van der Waals surface area contributed by atoms with Gasteiger partial charge in [0.05, 0.1) is 4.60 Å². The van der Waals surface area contributed by atoms with Crippen molar-refractivity contribution in [1.82, 2.24) is 4.98 Å². The quantitative estimate of drug-likeness (QED) is 0.812. The minimum atomic E-state index is -0.987. The number of aryl methyl sites for hydroxylation is 1. The van der Waals surface area contributed by atoms with Crippen molar-refractivity contribution in [1.29, 1.82) is 0 Å². The summed E-state index contributed by atoms with van der Waals surface area (Å²) in [5.74, 6) is -0.987. The van der Waals surface area contributed by atoms with Crippen molar-refractivity contribution < 1.29 is 9.90 Å². The Labute approximate surface area is 107 Å². The first kappa shape index (κ1) is 12.1. The summed E-state index contributed by atoms with van der Waals surface area (Å²) in [4.78, 5) is 14.0. The molecule has 0 saturated carbocycles. The van der Waals surface area contributed by atoms with Crippen molar-refractivity contribution in [2.75, 3.05) is 0 Å². The number of hydrogen-bond acceptors (Lipinski definition) is 2. The molecule has 2 rings (SSSR count). The molecule has 0 aliphatic heterocycles. The highest BCUT2D eigenvalue weighted by atomic mass is 79.9. The van der Waals surface area contributed by atoms with E-state index < -0.39 is 12.0 Å². The minimum Gasteiger partial charge on any atom is -0.480 e. The third-order valence-electron chi connectivity index (χ3n) is 2.75. The third-order valence-corrected chi connectivity index (χ3v) is 3.43. The lowest BCUT2D eigenvalue weighted by Crippen LogP contribution is -2.32. The Hall–Kier alpha value is -1.33. The van der Waals surface area contributed by atoms with Gasteiger partial charge < -0.3 is 15.8 Å². The van der Waals surface area contributed by atoms with Gasteiger partial charge in [-0.15, -0.1) is 0 Å². The van der Waals surface area contributed by atoms with E-state index in [2.05, 4.69) is 20.9 Å². The lowest BCUT2D eigenvalue weighted by Gasteiger charge is -2.06. The van der Waals surface area contributed by atoms with Crippen LogP contribution in [0, 0.1) is 6.92 Å². The van der Waals surface area contributed by atoms with Crippen LogP contribution in [0.1, 0.15) is 11.1 Å². The Morgan fingerprint density at radius 2 is 2.29 bits per heavy atom. The Morgan fingerprint density at radius 1 is 1.59 bits per heavy atom. The summed E-state index contributed by atoms with van der Waals surface area (Å²) < 4.78 is 0.801. The summed E-state index contributed by atoms with van der Waals surface area (Å²) in [5, 5.41) is 9.87. The van der Waals surface area contributed by atoms with Crippen molar-refractivity contribution in [3.63, 3.8) is 0 Å². The molecule has 1 aromatic heterocycles. The molecule has 1 atom stereocenters. The number of carboxylic acid groups (broad SMARTS) is 1. The minimum absolute atomic E-state index is 0.305. The number of H-pyrrole nitrogens is 1. The van der Waals surface area contributed by atoms with Crippen LogP contribution in [0.4, 0.5) is 0 Å².